The van der Waals surface area contributed by atoms with Gasteiger partial charge in [0.15, 0.2) is 0 Å². The Hall–Kier alpha value is -1.03. The molecule has 3 N–H and O–H groups in total. The van der Waals surface area contributed by atoms with E-state index in [1.807, 2.05) is 0 Å². The van der Waals surface area contributed by atoms with Crippen LogP contribution in [-0.2, 0) is 9.53 Å². The predicted octanol–water partition coefficient (Wildman–Crippen LogP) is 0.340. The molecule has 0 aromatic heterocycles. The Balaban J connectivity index is 4.14. The fourth-order valence-corrected chi connectivity index (χ4v) is 0.677. The number of nitrogens with two attached hydrogens (primary N) is 1. The Kier molecular flexibility index (Phi) is 4.29. The Morgan fingerprint density at radius 1 is 1.64 bits per heavy atom. The number of hydrogen-bond donors (Lipinski definition) is 2. The molecule has 0 heterocycles. The van der Waals surface area contributed by atoms with E-state index >= 15 is 0 Å². The van der Waals surface area contributed by atoms with Crippen molar-refractivity contribution in [1.82, 2.24) is 0 Å². The average Bonchev–Trinajstić information content (AvgIpc) is 1.87. The largest absolute Gasteiger partial charge is 0.478 e. The maximum absolute atomic E-state index is 10.5. The first kappa shape index (κ1) is 9.97. The van der Waals surface area contributed by atoms with Crippen molar-refractivity contribution in [1.29, 1.82) is 0 Å². The van der Waals surface area contributed by atoms with Crippen LogP contribution >= 0.6 is 0 Å². The molecule has 0 aromatic rings. The first-order chi connectivity index (χ1) is 5.09. The van der Waals surface area contributed by atoms with Crippen molar-refractivity contribution in [3.8, 4) is 0 Å². The number of hydrogen-bond acceptors (Lipinski definition) is 3. The van der Waals surface area contributed by atoms with Gasteiger partial charge in [0.2, 0.25) is 0 Å². The second-order valence-corrected chi connectivity index (χ2v) is 2.21. The third kappa shape index (κ3) is 3.62. The fourth-order valence-electron chi connectivity index (χ4n) is 0.677. The summed E-state index contributed by atoms with van der Waals surface area (Å²) in [4.78, 5) is 10.5. The maximum Gasteiger partial charge on any atom is 0.333 e. The smallest absolute Gasteiger partial charge is 0.333 e. The molecule has 0 amide bonds. The lowest BCUT2D eigenvalue weighted by Gasteiger charge is -2.02. The van der Waals surface area contributed by atoms with Gasteiger partial charge in [0.1, 0.15) is 0 Å². The van der Waals surface area contributed by atoms with Crippen LogP contribution in [0.15, 0.2) is 11.3 Å². The zero-order valence-electron chi connectivity index (χ0n) is 6.76. The summed E-state index contributed by atoms with van der Waals surface area (Å²) in [5.74, 6) is -0.970. The molecule has 0 fully saturated rings. The second-order valence-electron chi connectivity index (χ2n) is 2.21. The van der Waals surface area contributed by atoms with E-state index in [9.17, 15) is 4.79 Å². The topological polar surface area (TPSA) is 72.5 Å². The van der Waals surface area contributed by atoms with Crippen LogP contribution in [-0.4, -0.2) is 24.8 Å². The molecule has 0 rings (SSSR count). The lowest BCUT2D eigenvalue weighted by atomic mass is 10.1. The van der Waals surface area contributed by atoms with Gasteiger partial charge in [-0.15, -0.1) is 0 Å². The zero-order valence-corrected chi connectivity index (χ0v) is 6.76. The Labute approximate surface area is 65.6 Å². The molecule has 0 saturated carbocycles. The predicted molar refractivity (Wildman–Crippen MR) is 41.0 cm³/mol. The van der Waals surface area contributed by atoms with Crippen molar-refractivity contribution in [2.45, 2.75) is 13.3 Å². The zero-order chi connectivity index (χ0) is 8.85. The van der Waals surface area contributed by atoms with Gasteiger partial charge in [-0.05, 0) is 6.92 Å². The Morgan fingerprint density at radius 2 is 2.18 bits per heavy atom. The highest BCUT2D eigenvalue weighted by Crippen LogP contribution is 2.04. The lowest BCUT2D eigenvalue weighted by Crippen LogP contribution is -2.10. The summed E-state index contributed by atoms with van der Waals surface area (Å²) in [5, 5.41) is 8.58. The standard InChI is InChI=1S/C7H13NO3/c1-5(8)6(7(9)10)3-4-11-2/h3-4,8H2,1-2H3,(H,9,10). The number of aliphatic carboxylic acids is 1. The third-order valence-corrected chi connectivity index (χ3v) is 1.29. The minimum atomic E-state index is -0.970. The van der Waals surface area contributed by atoms with Gasteiger partial charge in [-0.2, -0.15) is 0 Å². The molecule has 0 saturated heterocycles. The number of carbonyl (C=O) groups is 1. The molecule has 0 unspecified atom stereocenters. The van der Waals surface area contributed by atoms with E-state index in [4.69, 9.17) is 15.6 Å². The summed E-state index contributed by atoms with van der Waals surface area (Å²) in [6.45, 7) is 1.95. The van der Waals surface area contributed by atoms with Gasteiger partial charge < -0.3 is 15.6 Å². The number of carboxylic acid groups (broad SMARTS) is 1. The van der Waals surface area contributed by atoms with E-state index in [-0.39, 0.29) is 5.57 Å². The van der Waals surface area contributed by atoms with Gasteiger partial charge in [0.25, 0.3) is 0 Å². The molecule has 0 spiro atoms. The monoisotopic (exact) mass is 159 g/mol. The van der Waals surface area contributed by atoms with Crippen molar-refractivity contribution in [3.05, 3.63) is 11.3 Å². The highest BCUT2D eigenvalue weighted by atomic mass is 16.5. The summed E-state index contributed by atoms with van der Waals surface area (Å²) >= 11 is 0. The van der Waals surface area contributed by atoms with E-state index < -0.39 is 5.97 Å². The summed E-state index contributed by atoms with van der Waals surface area (Å²) in [7, 11) is 1.52. The van der Waals surface area contributed by atoms with Crippen molar-refractivity contribution < 1.29 is 14.6 Å². The van der Waals surface area contributed by atoms with E-state index in [0.29, 0.717) is 18.7 Å². The molecule has 0 aliphatic heterocycles. The minimum Gasteiger partial charge on any atom is -0.478 e. The van der Waals surface area contributed by atoms with Gasteiger partial charge in [-0.1, -0.05) is 0 Å². The van der Waals surface area contributed by atoms with Crippen LogP contribution in [0.3, 0.4) is 0 Å². The van der Waals surface area contributed by atoms with E-state index in [2.05, 4.69) is 0 Å². The van der Waals surface area contributed by atoms with Gasteiger partial charge in [-0.25, -0.2) is 4.79 Å². The number of rotatable bonds is 4. The quantitative estimate of drug-likeness (QED) is 0.580. The average molecular weight is 159 g/mol. The molecule has 0 radical (unpaired) electrons. The van der Waals surface area contributed by atoms with E-state index in [1.165, 1.54) is 7.11 Å². The van der Waals surface area contributed by atoms with Crippen LogP contribution in [0.4, 0.5) is 0 Å². The minimum absolute atomic E-state index is 0.229. The Bertz CT molecular complexity index is 171. The second kappa shape index (κ2) is 4.73. The molecule has 0 aliphatic rings. The van der Waals surface area contributed by atoms with Gasteiger partial charge in [0, 0.05) is 19.2 Å². The van der Waals surface area contributed by atoms with Crippen LogP contribution in [0.2, 0.25) is 0 Å². The van der Waals surface area contributed by atoms with Gasteiger partial charge >= 0.3 is 5.97 Å². The molecule has 0 atom stereocenters. The number of methoxy groups -OCH3 is 1. The summed E-state index contributed by atoms with van der Waals surface area (Å²) in [5.41, 5.74) is 5.89. The maximum atomic E-state index is 10.5. The van der Waals surface area contributed by atoms with Gasteiger partial charge in [0.05, 0.1) is 12.2 Å². The van der Waals surface area contributed by atoms with Crippen LogP contribution < -0.4 is 5.73 Å². The summed E-state index contributed by atoms with van der Waals surface area (Å²) in [6, 6.07) is 0. The molecule has 4 nitrogen and oxygen atoms in total. The highest BCUT2D eigenvalue weighted by Gasteiger charge is 2.08. The van der Waals surface area contributed by atoms with Crippen LogP contribution in [0.25, 0.3) is 0 Å². The molecule has 0 bridgehead atoms. The first-order valence-electron chi connectivity index (χ1n) is 3.27. The first-order valence-corrected chi connectivity index (χ1v) is 3.27. The van der Waals surface area contributed by atoms with Crippen LogP contribution in [0.5, 0.6) is 0 Å². The molecule has 4 heteroatoms. The number of ether oxygens (including phenoxy) is 1. The molecule has 0 aromatic carbocycles. The van der Waals surface area contributed by atoms with Crippen molar-refractivity contribution in [2.24, 2.45) is 5.73 Å². The SMILES string of the molecule is COCCC(C(=O)O)=C(C)N. The van der Waals surface area contributed by atoms with Crippen molar-refractivity contribution >= 4 is 5.97 Å². The van der Waals surface area contributed by atoms with Gasteiger partial charge in [-0.3, -0.25) is 0 Å². The number of allylic oxidation sites excluding steroid dienone is 1. The van der Waals surface area contributed by atoms with Crippen LogP contribution in [0.1, 0.15) is 13.3 Å². The third-order valence-electron chi connectivity index (χ3n) is 1.29. The highest BCUT2D eigenvalue weighted by molar-refractivity contribution is 5.87. The lowest BCUT2D eigenvalue weighted by molar-refractivity contribution is -0.133. The summed E-state index contributed by atoms with van der Waals surface area (Å²) in [6.07, 6.45) is 0.355. The normalized spacial score (nSPS) is 12.5. The molecule has 11 heavy (non-hydrogen) atoms. The van der Waals surface area contributed by atoms with Crippen LogP contribution in [0, 0.1) is 0 Å². The Morgan fingerprint density at radius 3 is 2.45 bits per heavy atom. The summed E-state index contributed by atoms with van der Waals surface area (Å²) < 4.78 is 4.72. The van der Waals surface area contributed by atoms with Crippen molar-refractivity contribution in [2.75, 3.05) is 13.7 Å². The van der Waals surface area contributed by atoms with E-state index in [1.54, 1.807) is 6.92 Å². The molecule has 64 valence electrons. The fraction of sp³-hybridized carbons (Fsp3) is 0.571. The molecular formula is C7H13NO3. The van der Waals surface area contributed by atoms with E-state index in [0.717, 1.165) is 0 Å². The molecule has 0 aliphatic carbocycles. The molecular weight excluding hydrogens is 146 g/mol. The number of carboxylic acids is 1. The van der Waals surface area contributed by atoms with Crippen molar-refractivity contribution in [3.63, 3.8) is 0 Å².